The van der Waals surface area contributed by atoms with Crippen molar-refractivity contribution in [3.8, 4) is 11.5 Å². The minimum absolute atomic E-state index is 0.0550. The summed E-state index contributed by atoms with van der Waals surface area (Å²) in [5.41, 5.74) is 4.51. The number of β-lactam (4-membered cyclic amide) rings is 1. The summed E-state index contributed by atoms with van der Waals surface area (Å²) in [5.74, 6) is -5.76. The molecular formula is C35H40ClN6O10S2+. The van der Waals surface area contributed by atoms with Crippen LogP contribution in [0, 0.1) is 5.92 Å². The Morgan fingerprint density at radius 2 is 1.85 bits per heavy atom. The third kappa shape index (κ3) is 6.91. The standard InChI is InChI=1S/C35H39ClN6O10S2/c1-5-40-12-17(28(45)24-21(40)11-23(44)29(46)25(24)36)13-42(8-6-7-9-42)14-19-16(2)54-31-18(30(47)41(31)27(19)32(48)49)10-22(43)26(20-15-53-34(37)38-20)39-52-35(3,4)33(50)51/h11-12,15-16,18,31H,5-10,13-14H2,1-4H3,(H5-,37,38,39,43,44,45,46,48,49,50,51)/p+1/t16-,18+,31+/m0/s1. The summed E-state index contributed by atoms with van der Waals surface area (Å²) in [4.78, 5) is 76.5. The Morgan fingerprint density at radius 3 is 2.44 bits per heavy atom. The number of thiazole rings is 1. The molecule has 1 aromatic carbocycles. The average Bonchev–Trinajstić information content (AvgIpc) is 3.76. The van der Waals surface area contributed by atoms with Gasteiger partial charge in [-0.1, -0.05) is 16.8 Å². The van der Waals surface area contributed by atoms with Crippen molar-refractivity contribution in [1.29, 1.82) is 0 Å². The summed E-state index contributed by atoms with van der Waals surface area (Å²) in [6, 6.07) is 1.30. The highest BCUT2D eigenvalue weighted by Crippen LogP contribution is 2.49. The molecule has 2 saturated heterocycles. The van der Waals surface area contributed by atoms with Crippen molar-refractivity contribution in [3.05, 3.63) is 55.4 Å². The first kappa shape index (κ1) is 39.1. The Morgan fingerprint density at radius 1 is 1.17 bits per heavy atom. The Kier molecular flexibility index (Phi) is 10.5. The number of aromatic nitrogens is 2. The lowest BCUT2D eigenvalue weighted by Crippen LogP contribution is -2.63. The molecule has 0 spiro atoms. The van der Waals surface area contributed by atoms with Crippen LogP contribution in [0.5, 0.6) is 11.5 Å². The number of nitrogen functional groups attached to an aromatic ring is 1. The first-order valence-corrected chi connectivity index (χ1v) is 19.4. The number of pyridine rings is 1. The topological polar surface area (TPSA) is 235 Å². The summed E-state index contributed by atoms with van der Waals surface area (Å²) in [5, 5.41) is 44.8. The number of halogens is 1. The fourth-order valence-corrected chi connectivity index (χ4v) is 9.66. The van der Waals surface area contributed by atoms with E-state index in [1.807, 2.05) is 13.8 Å². The van der Waals surface area contributed by atoms with E-state index in [4.69, 9.17) is 22.2 Å². The second-order valence-electron chi connectivity index (χ2n) is 14.2. The number of aryl methyl sites for hydroxylation is 1. The summed E-state index contributed by atoms with van der Waals surface area (Å²) < 4.78 is 2.12. The molecule has 0 radical (unpaired) electrons. The number of aliphatic carboxylic acids is 2. The number of aromatic hydroxyl groups is 2. The predicted octanol–water partition coefficient (Wildman–Crippen LogP) is 3.74. The van der Waals surface area contributed by atoms with Crippen LogP contribution >= 0.6 is 34.7 Å². The SMILES string of the molecule is CCn1cc(C[N+]2(CC3=C(C(=O)O)N4C(=O)[C@@H](CC(=O)/C(=N\OC(C)(C)C(=O)O)c5csc(N)n5)[C@H]4S[C@H]3C)CCCC2)c(=O)c2c(Cl)c(O)c(O)cc21. The van der Waals surface area contributed by atoms with Crippen LogP contribution in [0.15, 0.2) is 38.9 Å². The fraction of sp³-hybridized carbons (Fsp3) is 0.457. The number of benzene rings is 1. The number of carboxylic acids is 2. The number of hydrogen-bond donors (Lipinski definition) is 5. The molecule has 2 fully saturated rings. The molecule has 0 bridgehead atoms. The monoisotopic (exact) mass is 803 g/mol. The number of Topliss-reactive ketones (excluding diaryl/α,β-unsaturated/α-hetero) is 1. The predicted molar refractivity (Wildman–Crippen MR) is 201 cm³/mol. The van der Waals surface area contributed by atoms with Crippen molar-refractivity contribution in [1.82, 2.24) is 14.5 Å². The number of thioether (sulfide) groups is 1. The summed E-state index contributed by atoms with van der Waals surface area (Å²) in [6.45, 7) is 8.44. The van der Waals surface area contributed by atoms with Gasteiger partial charge in [0.05, 0.1) is 45.9 Å². The van der Waals surface area contributed by atoms with Gasteiger partial charge in [0.2, 0.25) is 11.5 Å². The second kappa shape index (κ2) is 14.5. The smallest absolute Gasteiger partial charge is 0.352 e. The van der Waals surface area contributed by atoms with Gasteiger partial charge in [-0.05, 0) is 27.7 Å². The van der Waals surface area contributed by atoms with E-state index in [1.165, 1.54) is 42.0 Å². The Balaban J connectivity index is 1.30. The molecule has 0 unspecified atom stereocenters. The minimum atomic E-state index is -1.78. The van der Waals surface area contributed by atoms with E-state index in [0.29, 0.717) is 40.8 Å². The molecule has 3 aromatic rings. The molecule has 19 heteroatoms. The molecule has 5 heterocycles. The highest BCUT2D eigenvalue weighted by molar-refractivity contribution is 8.00. The van der Waals surface area contributed by atoms with Crippen LogP contribution < -0.4 is 11.2 Å². The van der Waals surface area contributed by atoms with Gasteiger partial charge < -0.3 is 40.0 Å². The van der Waals surface area contributed by atoms with Crippen molar-refractivity contribution in [2.45, 2.75) is 76.3 Å². The van der Waals surface area contributed by atoms with Crippen LogP contribution in [0.4, 0.5) is 5.13 Å². The normalized spacial score (nSPS) is 21.3. The number of ketones is 1. The third-order valence-corrected chi connectivity index (χ3v) is 12.8. The zero-order valence-electron chi connectivity index (χ0n) is 29.9. The van der Waals surface area contributed by atoms with Crippen molar-refractivity contribution in [2.75, 3.05) is 25.4 Å². The van der Waals surface area contributed by atoms with Crippen molar-refractivity contribution < 1.29 is 48.9 Å². The maximum absolute atomic E-state index is 13.9. The van der Waals surface area contributed by atoms with Crippen LogP contribution in [-0.4, -0.2) is 105 Å². The quantitative estimate of drug-likeness (QED) is 0.0546. The number of likely N-dealkylation sites (tertiary alicyclic amines) is 1. The number of fused-ring (bicyclic) bond motifs is 2. The number of phenolic OH excluding ortho intramolecular Hbond substituents is 2. The number of carbonyl (C=O) groups excluding carboxylic acids is 2. The Bertz CT molecular complexity index is 2210. The number of amides is 1. The number of hydrogen-bond acceptors (Lipinski definition) is 13. The van der Waals surface area contributed by atoms with Crippen molar-refractivity contribution in [2.24, 2.45) is 11.1 Å². The van der Waals surface area contributed by atoms with E-state index in [9.17, 15) is 44.4 Å². The van der Waals surface area contributed by atoms with E-state index in [0.717, 1.165) is 24.2 Å². The molecule has 3 atom stereocenters. The van der Waals surface area contributed by atoms with Crippen molar-refractivity contribution >= 4 is 80.1 Å². The summed E-state index contributed by atoms with van der Waals surface area (Å²) >= 11 is 8.80. The van der Waals surface area contributed by atoms with E-state index in [2.05, 4.69) is 10.1 Å². The van der Waals surface area contributed by atoms with Crippen LogP contribution in [0.1, 0.15) is 58.2 Å². The van der Waals surface area contributed by atoms with Crippen LogP contribution in [0.25, 0.3) is 10.9 Å². The lowest BCUT2D eigenvalue weighted by atomic mass is 9.88. The summed E-state index contributed by atoms with van der Waals surface area (Å²) in [6.07, 6.45) is 3.01. The Hall–Kier alpha value is -4.65. The molecular weight excluding hydrogens is 764 g/mol. The van der Waals surface area contributed by atoms with Gasteiger partial charge in [-0.15, -0.1) is 23.1 Å². The van der Waals surface area contributed by atoms with Gasteiger partial charge in [0, 0.05) is 54.3 Å². The molecule has 3 aliphatic heterocycles. The van der Waals surface area contributed by atoms with Gasteiger partial charge in [0.1, 0.15) is 24.5 Å². The molecule has 288 valence electrons. The number of carbonyl (C=O) groups is 4. The molecule has 0 aliphatic carbocycles. The van der Waals surface area contributed by atoms with Gasteiger partial charge in [0.15, 0.2) is 33.6 Å². The van der Waals surface area contributed by atoms with Gasteiger partial charge >= 0.3 is 11.9 Å². The first-order chi connectivity index (χ1) is 25.4. The molecule has 2 aromatic heterocycles. The van der Waals surface area contributed by atoms with Crippen LogP contribution in [-0.2, 0) is 37.1 Å². The van der Waals surface area contributed by atoms with E-state index >= 15 is 0 Å². The highest BCUT2D eigenvalue weighted by Gasteiger charge is 2.56. The molecule has 16 nitrogen and oxygen atoms in total. The number of anilines is 1. The largest absolute Gasteiger partial charge is 0.504 e. The fourth-order valence-electron chi connectivity index (χ4n) is 7.33. The van der Waals surface area contributed by atoms with Crippen LogP contribution in [0.2, 0.25) is 5.02 Å². The zero-order valence-corrected chi connectivity index (χ0v) is 32.3. The third-order valence-electron chi connectivity index (χ3n) is 10.3. The Labute approximate surface area is 322 Å². The van der Waals surface area contributed by atoms with E-state index < -0.39 is 57.4 Å². The molecule has 0 saturated carbocycles. The lowest BCUT2D eigenvalue weighted by molar-refractivity contribution is -0.925. The molecule has 1 amide bonds. The maximum atomic E-state index is 13.9. The number of rotatable bonds is 13. The zero-order chi connectivity index (χ0) is 39.4. The number of nitrogens with zero attached hydrogens (tertiary/aromatic N) is 5. The number of phenols is 2. The second-order valence-corrected chi connectivity index (χ2v) is 17.0. The van der Waals surface area contributed by atoms with Gasteiger partial charge in [-0.3, -0.25) is 19.3 Å². The number of carboxylic acid groups (broad SMARTS) is 2. The molecule has 3 aliphatic rings. The highest BCUT2D eigenvalue weighted by atomic mass is 35.5. The van der Waals surface area contributed by atoms with Crippen LogP contribution in [0.3, 0.4) is 0 Å². The molecule has 6 N–H and O–H groups in total. The number of oxime groups is 1. The lowest BCUT2D eigenvalue weighted by Gasteiger charge is -2.51. The number of nitrogens with two attached hydrogens (primary N) is 1. The summed E-state index contributed by atoms with van der Waals surface area (Å²) in [7, 11) is 0. The molecule has 54 heavy (non-hydrogen) atoms. The number of quaternary nitrogens is 1. The first-order valence-electron chi connectivity index (χ1n) is 17.2. The van der Waals surface area contributed by atoms with E-state index in [-0.39, 0.29) is 57.4 Å². The maximum Gasteiger partial charge on any atom is 0.352 e. The minimum Gasteiger partial charge on any atom is -0.504 e. The van der Waals surface area contributed by atoms with Gasteiger partial charge in [0.25, 0.3) is 0 Å². The van der Waals surface area contributed by atoms with Crippen molar-refractivity contribution in [3.63, 3.8) is 0 Å². The average molecular weight is 804 g/mol. The van der Waals surface area contributed by atoms with E-state index in [1.54, 1.807) is 10.8 Å². The van der Waals surface area contributed by atoms with Gasteiger partial charge in [-0.25, -0.2) is 14.6 Å². The van der Waals surface area contributed by atoms with Gasteiger partial charge in [-0.2, -0.15) is 0 Å². The molecule has 6 rings (SSSR count).